The summed E-state index contributed by atoms with van der Waals surface area (Å²) in [5, 5.41) is 16.1. The molecule has 0 aromatic carbocycles. The Labute approximate surface area is 76.4 Å². The summed E-state index contributed by atoms with van der Waals surface area (Å²) >= 11 is 0. The van der Waals surface area contributed by atoms with Gasteiger partial charge in [-0.2, -0.15) is 0 Å². The van der Waals surface area contributed by atoms with Gasteiger partial charge in [0.1, 0.15) is 12.7 Å². The highest BCUT2D eigenvalue weighted by molar-refractivity contribution is 5.69. The Morgan fingerprint density at radius 3 is 2.62 bits per heavy atom. The van der Waals surface area contributed by atoms with Crippen molar-refractivity contribution < 1.29 is 9.90 Å². The maximum absolute atomic E-state index is 10.8. The predicted octanol–water partition coefficient (Wildman–Crippen LogP) is 0.779. The van der Waals surface area contributed by atoms with Gasteiger partial charge in [0.2, 0.25) is 0 Å². The molecule has 1 atom stereocenters. The first kappa shape index (κ1) is 9.70. The van der Waals surface area contributed by atoms with Crippen molar-refractivity contribution in [1.82, 2.24) is 14.8 Å². The number of hydrogen-bond acceptors (Lipinski definition) is 3. The van der Waals surface area contributed by atoms with E-state index in [1.165, 1.54) is 12.7 Å². The van der Waals surface area contributed by atoms with Gasteiger partial charge in [-0.05, 0) is 6.42 Å². The molecule has 0 saturated carbocycles. The predicted molar refractivity (Wildman–Crippen MR) is 46.1 cm³/mol. The van der Waals surface area contributed by atoms with Crippen LogP contribution in [0.2, 0.25) is 0 Å². The normalized spacial score (nSPS) is 12.7. The third-order valence-corrected chi connectivity index (χ3v) is 1.88. The van der Waals surface area contributed by atoms with Crippen molar-refractivity contribution in [2.24, 2.45) is 5.92 Å². The Bertz CT molecular complexity index is 258. The first-order chi connectivity index (χ1) is 6.24. The Balaban J connectivity index is 2.52. The standard InChI is InChI=1S/C8H13N3O2/c1-2-3-7(8(12)13)4-11-5-9-10-6-11/h5-7H,2-4H2,1H3,(H,12,13). The van der Waals surface area contributed by atoms with Crippen LogP contribution < -0.4 is 0 Å². The van der Waals surface area contributed by atoms with E-state index in [1.54, 1.807) is 4.57 Å². The summed E-state index contributed by atoms with van der Waals surface area (Å²) in [6.45, 7) is 2.43. The van der Waals surface area contributed by atoms with Crippen molar-refractivity contribution >= 4 is 5.97 Å². The molecule has 0 spiro atoms. The van der Waals surface area contributed by atoms with E-state index in [0.29, 0.717) is 13.0 Å². The molecule has 5 nitrogen and oxygen atoms in total. The number of rotatable bonds is 5. The zero-order valence-corrected chi connectivity index (χ0v) is 7.55. The van der Waals surface area contributed by atoms with Crippen LogP contribution in [0.1, 0.15) is 19.8 Å². The molecule has 1 aromatic rings. The van der Waals surface area contributed by atoms with Crippen LogP contribution in [-0.4, -0.2) is 25.8 Å². The minimum atomic E-state index is -0.754. The molecule has 0 aliphatic heterocycles. The molecule has 1 N–H and O–H groups in total. The SMILES string of the molecule is CCCC(Cn1cnnc1)C(=O)O. The lowest BCUT2D eigenvalue weighted by Crippen LogP contribution is -2.19. The molecule has 0 bridgehead atoms. The second-order valence-corrected chi connectivity index (χ2v) is 2.98. The van der Waals surface area contributed by atoms with E-state index in [4.69, 9.17) is 5.11 Å². The number of aromatic nitrogens is 3. The Hall–Kier alpha value is -1.39. The summed E-state index contributed by atoms with van der Waals surface area (Å²) in [7, 11) is 0. The van der Waals surface area contributed by atoms with Gasteiger partial charge in [-0.25, -0.2) is 0 Å². The van der Waals surface area contributed by atoms with Gasteiger partial charge in [0.05, 0.1) is 5.92 Å². The highest BCUT2D eigenvalue weighted by atomic mass is 16.4. The molecule has 1 aromatic heterocycles. The van der Waals surface area contributed by atoms with Crippen LogP contribution >= 0.6 is 0 Å². The number of carbonyl (C=O) groups is 1. The summed E-state index contributed by atoms with van der Waals surface area (Å²) in [6, 6.07) is 0. The molecule has 0 fully saturated rings. The van der Waals surface area contributed by atoms with Crippen LogP contribution in [0, 0.1) is 5.92 Å². The average Bonchev–Trinajstić information content (AvgIpc) is 2.56. The summed E-state index contributed by atoms with van der Waals surface area (Å²) in [6.07, 6.45) is 4.63. The molecule has 72 valence electrons. The molecule has 1 heterocycles. The van der Waals surface area contributed by atoms with Gasteiger partial charge in [0, 0.05) is 6.54 Å². The summed E-state index contributed by atoms with van der Waals surface area (Å²) in [4.78, 5) is 10.8. The van der Waals surface area contributed by atoms with E-state index in [-0.39, 0.29) is 5.92 Å². The Kier molecular flexibility index (Phi) is 3.42. The molecule has 13 heavy (non-hydrogen) atoms. The zero-order valence-electron chi connectivity index (χ0n) is 7.55. The van der Waals surface area contributed by atoms with Crippen LogP contribution in [0.5, 0.6) is 0 Å². The fourth-order valence-corrected chi connectivity index (χ4v) is 1.21. The van der Waals surface area contributed by atoms with Crippen molar-refractivity contribution in [2.75, 3.05) is 0 Å². The van der Waals surface area contributed by atoms with Crippen molar-refractivity contribution in [3.8, 4) is 0 Å². The number of carboxylic acid groups (broad SMARTS) is 1. The van der Waals surface area contributed by atoms with Gasteiger partial charge < -0.3 is 9.67 Å². The van der Waals surface area contributed by atoms with E-state index in [9.17, 15) is 4.79 Å². The second kappa shape index (κ2) is 4.59. The number of nitrogens with zero attached hydrogens (tertiary/aromatic N) is 3. The molecule has 1 rings (SSSR count). The molecular weight excluding hydrogens is 170 g/mol. The molecule has 1 unspecified atom stereocenters. The fraction of sp³-hybridized carbons (Fsp3) is 0.625. The van der Waals surface area contributed by atoms with E-state index >= 15 is 0 Å². The largest absolute Gasteiger partial charge is 0.481 e. The van der Waals surface area contributed by atoms with Gasteiger partial charge in [-0.15, -0.1) is 10.2 Å². The third-order valence-electron chi connectivity index (χ3n) is 1.88. The van der Waals surface area contributed by atoms with E-state index < -0.39 is 5.97 Å². The summed E-state index contributed by atoms with van der Waals surface area (Å²) in [5.74, 6) is -1.09. The van der Waals surface area contributed by atoms with Gasteiger partial charge in [-0.3, -0.25) is 4.79 Å². The monoisotopic (exact) mass is 183 g/mol. The number of hydrogen-bond donors (Lipinski definition) is 1. The lowest BCUT2D eigenvalue weighted by Gasteiger charge is -2.10. The van der Waals surface area contributed by atoms with Crippen molar-refractivity contribution in [2.45, 2.75) is 26.3 Å². The molecular formula is C8H13N3O2. The van der Waals surface area contributed by atoms with Gasteiger partial charge in [0.25, 0.3) is 0 Å². The molecule has 0 radical (unpaired) electrons. The van der Waals surface area contributed by atoms with Crippen molar-refractivity contribution in [1.29, 1.82) is 0 Å². The Morgan fingerprint density at radius 1 is 1.54 bits per heavy atom. The maximum atomic E-state index is 10.8. The second-order valence-electron chi connectivity index (χ2n) is 2.98. The van der Waals surface area contributed by atoms with Crippen LogP contribution in [-0.2, 0) is 11.3 Å². The van der Waals surface area contributed by atoms with E-state index in [2.05, 4.69) is 10.2 Å². The lowest BCUT2D eigenvalue weighted by molar-refractivity contribution is -0.142. The van der Waals surface area contributed by atoms with Crippen LogP contribution in [0.25, 0.3) is 0 Å². The quantitative estimate of drug-likeness (QED) is 0.732. The smallest absolute Gasteiger partial charge is 0.308 e. The van der Waals surface area contributed by atoms with E-state index in [0.717, 1.165) is 6.42 Å². The first-order valence-corrected chi connectivity index (χ1v) is 4.29. The third kappa shape index (κ3) is 2.85. The molecule has 0 aliphatic carbocycles. The average molecular weight is 183 g/mol. The fourth-order valence-electron chi connectivity index (χ4n) is 1.21. The molecule has 0 amide bonds. The lowest BCUT2D eigenvalue weighted by atomic mass is 10.0. The number of carboxylic acids is 1. The van der Waals surface area contributed by atoms with Crippen LogP contribution in [0.3, 0.4) is 0 Å². The van der Waals surface area contributed by atoms with Crippen molar-refractivity contribution in [3.05, 3.63) is 12.7 Å². The van der Waals surface area contributed by atoms with Gasteiger partial charge in [-0.1, -0.05) is 13.3 Å². The van der Waals surface area contributed by atoms with Gasteiger partial charge >= 0.3 is 5.97 Å². The topological polar surface area (TPSA) is 68.0 Å². The molecule has 0 aliphatic rings. The zero-order chi connectivity index (χ0) is 9.68. The van der Waals surface area contributed by atoms with Crippen LogP contribution in [0.4, 0.5) is 0 Å². The summed E-state index contributed by atoms with van der Waals surface area (Å²) < 4.78 is 1.69. The molecule has 5 heteroatoms. The minimum Gasteiger partial charge on any atom is -0.481 e. The maximum Gasteiger partial charge on any atom is 0.308 e. The Morgan fingerprint density at radius 2 is 2.15 bits per heavy atom. The van der Waals surface area contributed by atoms with Crippen LogP contribution in [0.15, 0.2) is 12.7 Å². The minimum absolute atomic E-state index is 0.332. The highest BCUT2D eigenvalue weighted by Gasteiger charge is 2.16. The van der Waals surface area contributed by atoms with Gasteiger partial charge in [0.15, 0.2) is 0 Å². The summed E-state index contributed by atoms with van der Waals surface area (Å²) in [5.41, 5.74) is 0. The molecule has 0 saturated heterocycles. The van der Waals surface area contributed by atoms with E-state index in [1.807, 2.05) is 6.92 Å². The first-order valence-electron chi connectivity index (χ1n) is 4.29. The highest BCUT2D eigenvalue weighted by Crippen LogP contribution is 2.08. The number of aliphatic carboxylic acids is 1. The van der Waals surface area contributed by atoms with Crippen molar-refractivity contribution in [3.63, 3.8) is 0 Å².